The van der Waals surface area contributed by atoms with Crippen LogP contribution in [0.3, 0.4) is 0 Å². The van der Waals surface area contributed by atoms with Crippen LogP contribution in [0.4, 0.5) is 5.69 Å². The molecule has 0 fully saturated rings. The maximum atomic E-state index is 12.8. The van der Waals surface area contributed by atoms with Crippen LogP contribution in [0.1, 0.15) is 30.5 Å². The number of ether oxygens (including phenoxy) is 1. The molecule has 0 aromatic heterocycles. The molecule has 4 heteroatoms. The topological polar surface area (TPSA) is 41.6 Å². The quantitative estimate of drug-likeness (QED) is 0.925. The summed E-state index contributed by atoms with van der Waals surface area (Å²) < 4.78 is 5.75. The van der Waals surface area contributed by atoms with E-state index in [1.807, 2.05) is 49.1 Å². The van der Waals surface area contributed by atoms with E-state index in [0.717, 1.165) is 35.7 Å². The van der Waals surface area contributed by atoms with Crippen LogP contribution in [0.2, 0.25) is 0 Å². The Hall–Kier alpha value is -2.33. The van der Waals surface area contributed by atoms with Gasteiger partial charge in [-0.15, -0.1) is 0 Å². The zero-order chi connectivity index (χ0) is 17.8. The first kappa shape index (κ1) is 17.5. The summed E-state index contributed by atoms with van der Waals surface area (Å²) in [7, 11) is 0. The standard InChI is InChI=1S/C21H26N2O2/c1-15(2)21(24)23(19-7-4-16(3)5-8-19)14-17-6-9-20-18(12-17)13-22-10-11-25-20/h4-9,12,15,22H,10-11,13-14H2,1-3H3. The van der Waals surface area contributed by atoms with Crippen LogP contribution in [-0.4, -0.2) is 19.1 Å². The highest BCUT2D eigenvalue weighted by molar-refractivity contribution is 5.94. The molecule has 132 valence electrons. The molecule has 0 saturated carbocycles. The number of hydrogen-bond acceptors (Lipinski definition) is 3. The van der Waals surface area contributed by atoms with E-state index in [2.05, 4.69) is 24.4 Å². The molecule has 1 aliphatic rings. The van der Waals surface area contributed by atoms with E-state index in [4.69, 9.17) is 4.74 Å². The highest BCUT2D eigenvalue weighted by Crippen LogP contribution is 2.25. The fraction of sp³-hybridized carbons (Fsp3) is 0.381. The van der Waals surface area contributed by atoms with Crippen molar-refractivity contribution in [2.24, 2.45) is 5.92 Å². The van der Waals surface area contributed by atoms with E-state index in [0.29, 0.717) is 13.2 Å². The predicted molar refractivity (Wildman–Crippen MR) is 101 cm³/mol. The van der Waals surface area contributed by atoms with Crippen molar-refractivity contribution in [2.45, 2.75) is 33.9 Å². The van der Waals surface area contributed by atoms with Gasteiger partial charge in [-0.05, 0) is 36.8 Å². The second kappa shape index (κ2) is 7.70. The third-order valence-corrected chi connectivity index (χ3v) is 4.42. The lowest BCUT2D eigenvalue weighted by Gasteiger charge is -2.25. The molecule has 0 atom stereocenters. The van der Waals surface area contributed by atoms with Gasteiger partial charge >= 0.3 is 0 Å². The first-order valence-corrected chi connectivity index (χ1v) is 8.88. The number of benzene rings is 2. The highest BCUT2D eigenvalue weighted by atomic mass is 16.5. The van der Waals surface area contributed by atoms with Crippen LogP contribution in [0, 0.1) is 12.8 Å². The normalized spacial score (nSPS) is 13.8. The van der Waals surface area contributed by atoms with Crippen molar-refractivity contribution >= 4 is 11.6 Å². The van der Waals surface area contributed by atoms with Crippen molar-refractivity contribution < 1.29 is 9.53 Å². The van der Waals surface area contributed by atoms with Crippen molar-refractivity contribution in [3.63, 3.8) is 0 Å². The van der Waals surface area contributed by atoms with E-state index in [9.17, 15) is 4.79 Å². The lowest BCUT2D eigenvalue weighted by atomic mass is 10.1. The molecule has 4 nitrogen and oxygen atoms in total. The van der Waals surface area contributed by atoms with Crippen LogP contribution in [0.5, 0.6) is 5.75 Å². The summed E-state index contributed by atoms with van der Waals surface area (Å²) in [6.45, 7) is 8.84. The number of anilines is 1. The van der Waals surface area contributed by atoms with E-state index in [1.54, 1.807) is 0 Å². The molecule has 0 bridgehead atoms. The average molecular weight is 338 g/mol. The van der Waals surface area contributed by atoms with Gasteiger partial charge in [-0.2, -0.15) is 0 Å². The van der Waals surface area contributed by atoms with Crippen LogP contribution in [0.25, 0.3) is 0 Å². The van der Waals surface area contributed by atoms with E-state index in [1.165, 1.54) is 5.56 Å². The number of fused-ring (bicyclic) bond motifs is 1. The van der Waals surface area contributed by atoms with E-state index in [-0.39, 0.29) is 11.8 Å². The number of nitrogens with one attached hydrogen (secondary N) is 1. The maximum absolute atomic E-state index is 12.8. The summed E-state index contributed by atoms with van der Waals surface area (Å²) in [6, 6.07) is 14.3. The Bertz CT molecular complexity index is 738. The summed E-state index contributed by atoms with van der Waals surface area (Å²) in [5, 5.41) is 3.36. The molecule has 0 aliphatic carbocycles. The maximum Gasteiger partial charge on any atom is 0.229 e. The number of amides is 1. The first-order chi connectivity index (χ1) is 12.0. The van der Waals surface area contributed by atoms with Crippen LogP contribution in [-0.2, 0) is 17.9 Å². The van der Waals surface area contributed by atoms with Gasteiger partial charge < -0.3 is 15.0 Å². The van der Waals surface area contributed by atoms with Crippen molar-refractivity contribution in [3.05, 3.63) is 59.2 Å². The zero-order valence-electron chi connectivity index (χ0n) is 15.2. The Morgan fingerprint density at radius 1 is 1.20 bits per heavy atom. The van der Waals surface area contributed by atoms with Gasteiger partial charge in [0, 0.05) is 30.3 Å². The molecule has 2 aromatic carbocycles. The summed E-state index contributed by atoms with van der Waals surface area (Å²) in [6.07, 6.45) is 0. The number of carbonyl (C=O) groups is 1. The lowest BCUT2D eigenvalue weighted by molar-refractivity contribution is -0.121. The second-order valence-electron chi connectivity index (χ2n) is 6.88. The number of nitrogens with zero attached hydrogens (tertiary/aromatic N) is 1. The Kier molecular flexibility index (Phi) is 5.39. The predicted octanol–water partition coefficient (Wildman–Crippen LogP) is 3.67. The first-order valence-electron chi connectivity index (χ1n) is 8.88. The fourth-order valence-corrected chi connectivity index (χ4v) is 2.98. The van der Waals surface area contributed by atoms with Crippen molar-refractivity contribution in [1.82, 2.24) is 5.32 Å². The van der Waals surface area contributed by atoms with Gasteiger partial charge in [0.1, 0.15) is 12.4 Å². The molecule has 1 heterocycles. The minimum absolute atomic E-state index is 0.0490. The molecule has 1 amide bonds. The summed E-state index contributed by atoms with van der Waals surface area (Å²) in [4.78, 5) is 14.6. The van der Waals surface area contributed by atoms with Crippen LogP contribution < -0.4 is 15.0 Å². The SMILES string of the molecule is Cc1ccc(N(Cc2ccc3c(c2)CNCCO3)C(=O)C(C)C)cc1. The molecule has 1 N–H and O–H groups in total. The van der Waals surface area contributed by atoms with E-state index >= 15 is 0 Å². The monoisotopic (exact) mass is 338 g/mol. The molecule has 3 rings (SSSR count). The average Bonchev–Trinajstić information content (AvgIpc) is 2.85. The largest absolute Gasteiger partial charge is 0.492 e. The summed E-state index contributed by atoms with van der Waals surface area (Å²) >= 11 is 0. The minimum atomic E-state index is -0.0490. The van der Waals surface area contributed by atoms with Gasteiger partial charge in [0.05, 0.1) is 6.54 Å². The molecule has 1 aliphatic heterocycles. The Balaban J connectivity index is 1.88. The Labute approximate surface area is 149 Å². The van der Waals surface area contributed by atoms with Crippen molar-refractivity contribution in [2.75, 3.05) is 18.1 Å². The zero-order valence-corrected chi connectivity index (χ0v) is 15.2. The van der Waals surface area contributed by atoms with Gasteiger partial charge in [0.15, 0.2) is 0 Å². The van der Waals surface area contributed by atoms with Gasteiger partial charge in [0.2, 0.25) is 5.91 Å². The summed E-state index contributed by atoms with van der Waals surface area (Å²) in [5.41, 5.74) is 4.39. The Morgan fingerprint density at radius 3 is 2.68 bits per heavy atom. The van der Waals surface area contributed by atoms with Crippen LogP contribution in [0.15, 0.2) is 42.5 Å². The van der Waals surface area contributed by atoms with Gasteiger partial charge in [-0.25, -0.2) is 0 Å². The van der Waals surface area contributed by atoms with Crippen LogP contribution >= 0.6 is 0 Å². The molecule has 25 heavy (non-hydrogen) atoms. The number of aryl methyl sites for hydroxylation is 1. The van der Waals surface area contributed by atoms with E-state index < -0.39 is 0 Å². The smallest absolute Gasteiger partial charge is 0.229 e. The lowest BCUT2D eigenvalue weighted by Crippen LogP contribution is -2.33. The minimum Gasteiger partial charge on any atom is -0.492 e. The number of rotatable bonds is 4. The molecular weight excluding hydrogens is 312 g/mol. The molecule has 0 unspecified atom stereocenters. The fourth-order valence-electron chi connectivity index (χ4n) is 2.98. The molecule has 0 saturated heterocycles. The van der Waals surface area contributed by atoms with Crippen molar-refractivity contribution in [3.8, 4) is 5.75 Å². The molecule has 2 aromatic rings. The van der Waals surface area contributed by atoms with Crippen molar-refractivity contribution in [1.29, 1.82) is 0 Å². The second-order valence-corrected chi connectivity index (χ2v) is 6.88. The summed E-state index contributed by atoms with van der Waals surface area (Å²) in [5.74, 6) is 1.02. The Morgan fingerprint density at radius 2 is 1.96 bits per heavy atom. The molecule has 0 spiro atoms. The van der Waals surface area contributed by atoms with Gasteiger partial charge in [-0.3, -0.25) is 4.79 Å². The number of carbonyl (C=O) groups excluding carboxylic acids is 1. The van der Waals surface area contributed by atoms with Gasteiger partial charge in [-0.1, -0.05) is 37.6 Å². The highest BCUT2D eigenvalue weighted by Gasteiger charge is 2.20. The van der Waals surface area contributed by atoms with Gasteiger partial charge in [0.25, 0.3) is 0 Å². The third-order valence-electron chi connectivity index (χ3n) is 4.42. The number of hydrogen-bond donors (Lipinski definition) is 1. The third kappa shape index (κ3) is 4.20. The molecule has 0 radical (unpaired) electrons. The molecular formula is C21H26N2O2.